The Morgan fingerprint density at radius 1 is 1.18 bits per heavy atom. The molecule has 0 amide bonds. The summed E-state index contributed by atoms with van der Waals surface area (Å²) in [6, 6.07) is 11.7. The van der Waals surface area contributed by atoms with Crippen LogP contribution < -0.4 is 5.56 Å². The Kier molecular flexibility index (Phi) is 4.29. The van der Waals surface area contributed by atoms with Crippen LogP contribution in [0.15, 0.2) is 47.4 Å². The molecule has 3 rings (SSSR count). The van der Waals surface area contributed by atoms with Crippen molar-refractivity contribution in [1.82, 2.24) is 9.47 Å². The van der Waals surface area contributed by atoms with Gasteiger partial charge in [-0.15, -0.1) is 0 Å². The van der Waals surface area contributed by atoms with Gasteiger partial charge in [-0.3, -0.25) is 9.69 Å². The van der Waals surface area contributed by atoms with E-state index in [4.69, 9.17) is 0 Å². The number of hydrogen-bond acceptors (Lipinski definition) is 3. The normalized spacial score (nSPS) is 18.7. The molecule has 1 atom stereocenters. The quantitative estimate of drug-likeness (QED) is 0.943. The molecule has 1 fully saturated rings. The summed E-state index contributed by atoms with van der Waals surface area (Å²) >= 11 is 0. The number of aromatic hydroxyl groups is 1. The Balaban J connectivity index is 1.78. The molecular formula is C18H22N2O2. The number of rotatable bonds is 4. The minimum atomic E-state index is -0.311. The Labute approximate surface area is 130 Å². The fourth-order valence-corrected chi connectivity index (χ4v) is 3.04. The first-order chi connectivity index (χ1) is 10.6. The van der Waals surface area contributed by atoms with E-state index < -0.39 is 0 Å². The molecule has 0 bridgehead atoms. The lowest BCUT2D eigenvalue weighted by Gasteiger charge is -2.16. The Morgan fingerprint density at radius 2 is 1.95 bits per heavy atom. The molecule has 22 heavy (non-hydrogen) atoms. The van der Waals surface area contributed by atoms with Gasteiger partial charge in [0.05, 0.1) is 6.54 Å². The van der Waals surface area contributed by atoms with Gasteiger partial charge < -0.3 is 9.67 Å². The minimum Gasteiger partial charge on any atom is -0.503 e. The molecule has 4 heteroatoms. The zero-order valence-electron chi connectivity index (χ0n) is 12.9. The Morgan fingerprint density at radius 3 is 2.64 bits per heavy atom. The van der Waals surface area contributed by atoms with Crippen molar-refractivity contribution in [2.24, 2.45) is 5.92 Å². The lowest BCUT2D eigenvalue weighted by Crippen LogP contribution is -2.24. The lowest BCUT2D eigenvalue weighted by molar-refractivity contribution is 0.312. The van der Waals surface area contributed by atoms with Crippen LogP contribution in [0.3, 0.4) is 0 Å². The highest BCUT2D eigenvalue weighted by atomic mass is 16.3. The van der Waals surface area contributed by atoms with Crippen LogP contribution in [-0.4, -0.2) is 27.7 Å². The smallest absolute Gasteiger partial charge is 0.293 e. The van der Waals surface area contributed by atoms with Gasteiger partial charge in [0, 0.05) is 24.8 Å². The van der Waals surface area contributed by atoms with E-state index >= 15 is 0 Å². The fraction of sp³-hybridized carbons (Fsp3) is 0.389. The van der Waals surface area contributed by atoms with Crippen LogP contribution in [-0.2, 0) is 13.1 Å². The van der Waals surface area contributed by atoms with Crippen LogP contribution in [0.5, 0.6) is 5.75 Å². The highest BCUT2D eigenvalue weighted by Gasteiger charge is 2.20. The van der Waals surface area contributed by atoms with Gasteiger partial charge in [-0.25, -0.2) is 0 Å². The van der Waals surface area contributed by atoms with Gasteiger partial charge in [-0.2, -0.15) is 0 Å². The average molecular weight is 298 g/mol. The second-order valence-corrected chi connectivity index (χ2v) is 6.24. The monoisotopic (exact) mass is 298 g/mol. The summed E-state index contributed by atoms with van der Waals surface area (Å²) < 4.78 is 1.56. The van der Waals surface area contributed by atoms with Gasteiger partial charge in [-0.1, -0.05) is 37.3 Å². The van der Waals surface area contributed by atoms with E-state index in [1.807, 2.05) is 36.4 Å². The molecule has 1 aliphatic heterocycles. The first-order valence-corrected chi connectivity index (χ1v) is 7.81. The lowest BCUT2D eigenvalue weighted by atomic mass is 10.2. The third-order valence-electron chi connectivity index (χ3n) is 4.32. The number of aromatic nitrogens is 1. The maximum absolute atomic E-state index is 12.3. The molecule has 1 aromatic carbocycles. The molecule has 1 aromatic heterocycles. The number of nitrogens with zero attached hydrogens (tertiary/aromatic N) is 2. The van der Waals surface area contributed by atoms with E-state index in [-0.39, 0.29) is 11.3 Å². The van der Waals surface area contributed by atoms with E-state index in [2.05, 4.69) is 11.8 Å². The molecule has 2 aromatic rings. The molecular weight excluding hydrogens is 276 g/mol. The van der Waals surface area contributed by atoms with Crippen molar-refractivity contribution in [3.8, 4) is 5.75 Å². The molecule has 116 valence electrons. The topological polar surface area (TPSA) is 45.5 Å². The van der Waals surface area contributed by atoms with Gasteiger partial charge in [0.15, 0.2) is 5.75 Å². The van der Waals surface area contributed by atoms with Crippen molar-refractivity contribution < 1.29 is 5.11 Å². The van der Waals surface area contributed by atoms with E-state index in [9.17, 15) is 9.90 Å². The van der Waals surface area contributed by atoms with Gasteiger partial charge in [0.2, 0.25) is 0 Å². The highest BCUT2D eigenvalue weighted by molar-refractivity contribution is 5.29. The third-order valence-corrected chi connectivity index (χ3v) is 4.32. The summed E-state index contributed by atoms with van der Waals surface area (Å²) in [6.45, 7) is 5.43. The van der Waals surface area contributed by atoms with Gasteiger partial charge >= 0.3 is 0 Å². The van der Waals surface area contributed by atoms with Crippen LogP contribution in [0, 0.1) is 5.92 Å². The van der Waals surface area contributed by atoms with E-state index in [0.717, 1.165) is 24.2 Å². The van der Waals surface area contributed by atoms with Crippen molar-refractivity contribution in [1.29, 1.82) is 0 Å². The van der Waals surface area contributed by atoms with Crippen molar-refractivity contribution in [3.05, 3.63) is 64.1 Å². The van der Waals surface area contributed by atoms with Gasteiger partial charge in [0.1, 0.15) is 0 Å². The van der Waals surface area contributed by atoms with Crippen molar-refractivity contribution in [2.45, 2.75) is 26.4 Å². The maximum Gasteiger partial charge on any atom is 0.293 e. The van der Waals surface area contributed by atoms with E-state index in [0.29, 0.717) is 19.0 Å². The molecule has 1 aliphatic rings. The predicted molar refractivity (Wildman–Crippen MR) is 87.0 cm³/mol. The summed E-state index contributed by atoms with van der Waals surface area (Å²) in [7, 11) is 0. The average Bonchev–Trinajstić information content (AvgIpc) is 2.93. The SMILES string of the molecule is CC1CCN(Cc2ccn(Cc3ccccc3)c(=O)c2O)C1. The summed E-state index contributed by atoms with van der Waals surface area (Å²) in [6.07, 6.45) is 2.97. The number of likely N-dealkylation sites (tertiary alicyclic amines) is 1. The molecule has 4 nitrogen and oxygen atoms in total. The fourth-order valence-electron chi connectivity index (χ4n) is 3.04. The Hall–Kier alpha value is -2.07. The van der Waals surface area contributed by atoms with E-state index in [1.54, 1.807) is 10.8 Å². The molecule has 1 saturated heterocycles. The molecule has 1 unspecified atom stereocenters. The largest absolute Gasteiger partial charge is 0.503 e. The van der Waals surface area contributed by atoms with Crippen molar-refractivity contribution in [2.75, 3.05) is 13.1 Å². The summed E-state index contributed by atoms with van der Waals surface area (Å²) in [5, 5.41) is 10.2. The molecule has 0 spiro atoms. The second kappa shape index (κ2) is 6.36. The second-order valence-electron chi connectivity index (χ2n) is 6.24. The Bertz CT molecular complexity index is 694. The molecule has 0 saturated carbocycles. The molecule has 0 aliphatic carbocycles. The van der Waals surface area contributed by atoms with Crippen molar-refractivity contribution in [3.63, 3.8) is 0 Å². The maximum atomic E-state index is 12.3. The molecule has 0 radical (unpaired) electrons. The van der Waals surface area contributed by atoms with Crippen LogP contribution in [0.2, 0.25) is 0 Å². The minimum absolute atomic E-state index is 0.113. The zero-order valence-corrected chi connectivity index (χ0v) is 12.9. The van der Waals surface area contributed by atoms with Crippen LogP contribution in [0.25, 0.3) is 0 Å². The number of hydrogen-bond donors (Lipinski definition) is 1. The van der Waals surface area contributed by atoms with Gasteiger partial charge in [-0.05, 0) is 30.5 Å². The van der Waals surface area contributed by atoms with Crippen molar-refractivity contribution >= 4 is 0 Å². The van der Waals surface area contributed by atoms with E-state index in [1.165, 1.54) is 6.42 Å². The summed E-state index contributed by atoms with van der Waals surface area (Å²) in [5.41, 5.74) is 1.46. The standard InChI is InChI=1S/C18H22N2O2/c1-14-7-9-19(11-14)13-16-8-10-20(18(22)17(16)21)12-15-5-3-2-4-6-15/h2-6,8,10,14,21H,7,9,11-13H2,1H3. The number of benzene rings is 1. The zero-order chi connectivity index (χ0) is 15.5. The van der Waals surface area contributed by atoms with Gasteiger partial charge in [0.25, 0.3) is 5.56 Å². The first-order valence-electron chi connectivity index (χ1n) is 7.81. The first kappa shape index (κ1) is 14.9. The molecule has 2 heterocycles. The number of pyridine rings is 1. The highest BCUT2D eigenvalue weighted by Crippen LogP contribution is 2.20. The summed E-state index contributed by atoms with van der Waals surface area (Å²) in [5.74, 6) is 0.582. The molecule has 1 N–H and O–H groups in total. The van der Waals surface area contributed by atoms with Crippen LogP contribution in [0.1, 0.15) is 24.5 Å². The van der Waals surface area contributed by atoms with Crippen LogP contribution in [0.4, 0.5) is 0 Å². The van der Waals surface area contributed by atoms with Crippen LogP contribution >= 0.6 is 0 Å². The third kappa shape index (κ3) is 3.22. The predicted octanol–water partition coefficient (Wildman–Crippen LogP) is 2.44. The summed E-state index contributed by atoms with van der Waals surface area (Å²) in [4.78, 5) is 14.6.